The van der Waals surface area contributed by atoms with E-state index >= 15 is 0 Å². The average molecular weight is 287 g/mol. The molecule has 1 aromatic rings. The second kappa shape index (κ2) is 6.12. The standard InChI is InChI=1S/C20H33N/c1-19(2,3)18-11-7-15(8-12-18)13-16-9-10-17(16)14-21-20(4,5)6/h7-8,11-12,16-17,21H,9-10,13-14H2,1-6H3. The van der Waals surface area contributed by atoms with E-state index in [9.17, 15) is 0 Å². The maximum absolute atomic E-state index is 3.67. The molecule has 1 aromatic carbocycles. The SMILES string of the molecule is CC(C)(C)NCC1CCC1Cc1ccc(C(C)(C)C)cc1. The summed E-state index contributed by atoms with van der Waals surface area (Å²) < 4.78 is 0. The van der Waals surface area contributed by atoms with Crippen LogP contribution in [0.25, 0.3) is 0 Å². The predicted molar refractivity (Wildman–Crippen MR) is 92.8 cm³/mol. The van der Waals surface area contributed by atoms with Crippen LogP contribution in [0, 0.1) is 11.8 Å². The highest BCUT2D eigenvalue weighted by Crippen LogP contribution is 2.37. The first-order valence-corrected chi connectivity index (χ1v) is 8.49. The van der Waals surface area contributed by atoms with Crippen molar-refractivity contribution in [3.05, 3.63) is 35.4 Å². The zero-order chi connectivity index (χ0) is 15.7. The summed E-state index contributed by atoms with van der Waals surface area (Å²) in [5.41, 5.74) is 3.45. The number of benzene rings is 1. The van der Waals surface area contributed by atoms with Crippen molar-refractivity contribution >= 4 is 0 Å². The van der Waals surface area contributed by atoms with Gasteiger partial charge in [-0.1, -0.05) is 45.0 Å². The normalized spacial score (nSPS) is 23.0. The maximum atomic E-state index is 3.67. The van der Waals surface area contributed by atoms with E-state index in [1.54, 1.807) is 0 Å². The van der Waals surface area contributed by atoms with Crippen molar-refractivity contribution in [2.45, 2.75) is 71.8 Å². The molecule has 0 radical (unpaired) electrons. The summed E-state index contributed by atoms with van der Waals surface area (Å²) in [5, 5.41) is 3.67. The van der Waals surface area contributed by atoms with Gasteiger partial charge >= 0.3 is 0 Å². The second-order valence-electron chi connectivity index (χ2n) is 8.88. The van der Waals surface area contributed by atoms with Crippen LogP contribution in [0.3, 0.4) is 0 Å². The summed E-state index contributed by atoms with van der Waals surface area (Å²) >= 11 is 0. The Labute approximate surface area is 131 Å². The molecular weight excluding hydrogens is 254 g/mol. The average Bonchev–Trinajstić information content (AvgIpc) is 2.33. The van der Waals surface area contributed by atoms with Gasteiger partial charge in [-0.15, -0.1) is 0 Å². The van der Waals surface area contributed by atoms with Gasteiger partial charge in [0, 0.05) is 5.54 Å². The van der Waals surface area contributed by atoms with Crippen LogP contribution in [0.2, 0.25) is 0 Å². The molecule has 1 aliphatic rings. The van der Waals surface area contributed by atoms with Gasteiger partial charge in [0.25, 0.3) is 0 Å². The molecule has 1 nitrogen and oxygen atoms in total. The molecule has 0 aliphatic heterocycles. The lowest BCUT2D eigenvalue weighted by atomic mass is 9.70. The summed E-state index contributed by atoms with van der Waals surface area (Å²) in [6.07, 6.45) is 4.05. The monoisotopic (exact) mass is 287 g/mol. The van der Waals surface area contributed by atoms with E-state index in [4.69, 9.17) is 0 Å². The fourth-order valence-electron chi connectivity index (χ4n) is 3.06. The van der Waals surface area contributed by atoms with Crippen LogP contribution in [0.4, 0.5) is 0 Å². The highest BCUT2D eigenvalue weighted by molar-refractivity contribution is 5.28. The predicted octanol–water partition coefficient (Wildman–Crippen LogP) is 4.94. The van der Waals surface area contributed by atoms with Crippen molar-refractivity contribution in [3.8, 4) is 0 Å². The molecule has 2 atom stereocenters. The molecule has 1 saturated carbocycles. The van der Waals surface area contributed by atoms with E-state index in [0.29, 0.717) is 0 Å². The van der Waals surface area contributed by atoms with Crippen LogP contribution in [-0.4, -0.2) is 12.1 Å². The van der Waals surface area contributed by atoms with Crippen molar-refractivity contribution < 1.29 is 0 Å². The highest BCUT2D eigenvalue weighted by Gasteiger charge is 2.31. The number of hydrogen-bond donors (Lipinski definition) is 1. The van der Waals surface area contributed by atoms with Gasteiger partial charge in [-0.2, -0.15) is 0 Å². The third kappa shape index (κ3) is 4.85. The molecule has 0 spiro atoms. The lowest BCUT2D eigenvalue weighted by Crippen LogP contribution is -2.44. The molecule has 1 fully saturated rings. The van der Waals surface area contributed by atoms with Crippen LogP contribution in [-0.2, 0) is 11.8 Å². The summed E-state index contributed by atoms with van der Waals surface area (Å²) in [4.78, 5) is 0. The van der Waals surface area contributed by atoms with E-state index in [1.165, 1.54) is 36.9 Å². The first-order valence-electron chi connectivity index (χ1n) is 8.49. The van der Waals surface area contributed by atoms with Crippen molar-refractivity contribution in [2.24, 2.45) is 11.8 Å². The lowest BCUT2D eigenvalue weighted by molar-refractivity contribution is 0.159. The Hall–Kier alpha value is -0.820. The Kier molecular flexibility index (Phi) is 4.82. The number of rotatable bonds is 4. The van der Waals surface area contributed by atoms with E-state index < -0.39 is 0 Å². The minimum Gasteiger partial charge on any atom is -0.312 e. The van der Waals surface area contributed by atoms with Gasteiger partial charge in [0.1, 0.15) is 0 Å². The van der Waals surface area contributed by atoms with Crippen LogP contribution in [0.1, 0.15) is 65.5 Å². The third-order valence-electron chi connectivity index (χ3n) is 4.79. The zero-order valence-electron chi connectivity index (χ0n) is 14.8. The van der Waals surface area contributed by atoms with Crippen molar-refractivity contribution in [2.75, 3.05) is 6.54 Å². The molecule has 0 aromatic heterocycles. The maximum Gasteiger partial charge on any atom is 0.00966 e. The molecule has 1 N–H and O–H groups in total. The molecule has 118 valence electrons. The molecule has 1 heteroatoms. The molecule has 0 bridgehead atoms. The quantitative estimate of drug-likeness (QED) is 0.827. The van der Waals surface area contributed by atoms with E-state index in [0.717, 1.165) is 11.8 Å². The van der Waals surface area contributed by atoms with E-state index in [-0.39, 0.29) is 11.0 Å². The van der Waals surface area contributed by atoms with Crippen LogP contribution in [0.15, 0.2) is 24.3 Å². The third-order valence-corrected chi connectivity index (χ3v) is 4.79. The topological polar surface area (TPSA) is 12.0 Å². The molecule has 2 rings (SSSR count). The second-order valence-corrected chi connectivity index (χ2v) is 8.88. The summed E-state index contributed by atoms with van der Waals surface area (Å²) in [7, 11) is 0. The van der Waals surface area contributed by atoms with Gasteiger partial charge in [-0.05, 0) is 75.0 Å². The molecule has 21 heavy (non-hydrogen) atoms. The fourth-order valence-corrected chi connectivity index (χ4v) is 3.06. The van der Waals surface area contributed by atoms with Gasteiger partial charge in [0.15, 0.2) is 0 Å². The van der Waals surface area contributed by atoms with Crippen molar-refractivity contribution in [1.82, 2.24) is 5.32 Å². The Bertz CT molecular complexity index is 444. The van der Waals surface area contributed by atoms with Crippen LogP contribution in [0.5, 0.6) is 0 Å². The largest absolute Gasteiger partial charge is 0.312 e. The van der Waals surface area contributed by atoms with E-state index in [1.807, 2.05) is 0 Å². The number of nitrogens with one attached hydrogen (secondary N) is 1. The Morgan fingerprint density at radius 3 is 1.90 bits per heavy atom. The highest BCUT2D eigenvalue weighted by atomic mass is 14.9. The first-order chi connectivity index (χ1) is 9.65. The van der Waals surface area contributed by atoms with Crippen LogP contribution >= 0.6 is 0 Å². The van der Waals surface area contributed by atoms with Crippen molar-refractivity contribution in [3.63, 3.8) is 0 Å². The Balaban J connectivity index is 1.87. The molecule has 0 heterocycles. The first kappa shape index (κ1) is 16.5. The minimum absolute atomic E-state index is 0.245. The lowest BCUT2D eigenvalue weighted by Gasteiger charge is -2.39. The van der Waals surface area contributed by atoms with Gasteiger partial charge in [0.05, 0.1) is 0 Å². The summed E-state index contributed by atoms with van der Waals surface area (Å²) in [6, 6.07) is 9.31. The molecule has 0 saturated heterocycles. The molecule has 2 unspecified atom stereocenters. The smallest absolute Gasteiger partial charge is 0.00966 e. The molecule has 0 amide bonds. The molecule has 1 aliphatic carbocycles. The summed E-state index contributed by atoms with van der Waals surface area (Å²) in [5.74, 6) is 1.74. The van der Waals surface area contributed by atoms with Crippen molar-refractivity contribution in [1.29, 1.82) is 0 Å². The van der Waals surface area contributed by atoms with Gasteiger partial charge in [0.2, 0.25) is 0 Å². The van der Waals surface area contributed by atoms with Crippen LogP contribution < -0.4 is 5.32 Å². The fraction of sp³-hybridized carbons (Fsp3) is 0.700. The van der Waals surface area contributed by atoms with Gasteiger partial charge in [-0.25, -0.2) is 0 Å². The summed E-state index contributed by atoms with van der Waals surface area (Å²) in [6.45, 7) is 14.8. The van der Waals surface area contributed by atoms with Gasteiger partial charge in [-0.3, -0.25) is 0 Å². The Morgan fingerprint density at radius 2 is 1.48 bits per heavy atom. The van der Waals surface area contributed by atoms with Gasteiger partial charge < -0.3 is 5.32 Å². The molecular formula is C20H33N. The zero-order valence-corrected chi connectivity index (χ0v) is 14.8. The minimum atomic E-state index is 0.245. The number of hydrogen-bond acceptors (Lipinski definition) is 1. The Morgan fingerprint density at radius 1 is 0.905 bits per heavy atom. The van der Waals surface area contributed by atoms with E-state index in [2.05, 4.69) is 71.1 Å².